The third-order valence-electron chi connectivity index (χ3n) is 5.74. The Morgan fingerprint density at radius 1 is 1.30 bits per heavy atom. The van der Waals surface area contributed by atoms with E-state index in [0.717, 1.165) is 5.56 Å². The molecule has 3 N–H and O–H groups in total. The fraction of sp³-hybridized carbons (Fsp3) is 0.478. The second kappa shape index (κ2) is 11.2. The van der Waals surface area contributed by atoms with Crippen LogP contribution in [-0.4, -0.2) is 70.1 Å². The highest BCUT2D eigenvalue weighted by atomic mass is 32.2. The predicted octanol–water partition coefficient (Wildman–Crippen LogP) is 1.11. The van der Waals surface area contributed by atoms with Crippen molar-refractivity contribution in [1.29, 1.82) is 0 Å². The summed E-state index contributed by atoms with van der Waals surface area (Å²) in [5.41, 5.74) is 0.735. The van der Waals surface area contributed by atoms with E-state index in [1.54, 1.807) is 18.2 Å². The number of amides is 3. The summed E-state index contributed by atoms with van der Waals surface area (Å²) in [6, 6.07) is 3.97. The van der Waals surface area contributed by atoms with Gasteiger partial charge in [-0.1, -0.05) is 18.2 Å². The largest absolute Gasteiger partial charge is 0.508 e. The van der Waals surface area contributed by atoms with Crippen LogP contribution in [0.15, 0.2) is 36.9 Å². The number of thioether (sulfide) groups is 1. The first kappa shape index (κ1) is 24.6. The maximum atomic E-state index is 13.1. The predicted molar refractivity (Wildman–Crippen MR) is 123 cm³/mol. The van der Waals surface area contributed by atoms with Crippen LogP contribution >= 0.6 is 11.8 Å². The molecule has 33 heavy (non-hydrogen) atoms. The average molecular weight is 476 g/mol. The van der Waals surface area contributed by atoms with Gasteiger partial charge in [0.2, 0.25) is 17.7 Å². The average Bonchev–Trinajstić information content (AvgIpc) is 3.25. The summed E-state index contributed by atoms with van der Waals surface area (Å²) >= 11 is 1.52. The summed E-state index contributed by atoms with van der Waals surface area (Å²) in [7, 11) is 1.24. The Labute approximate surface area is 196 Å². The standard InChI is InChI=1S/C23H29N3O6S/c1-3-4-5-19(28)24-16-10-11-20-26(22(16)30)18(13-33-20)21(29)25-17(23(31)32-2)12-14-6-8-15(27)9-7-14/h3,6-9,16-18,20,27H,1,4-5,10-13H2,2H3,(H,24,28)(H,25,29)/t16-,17-,18-,20-/m0/s1. The first-order valence-electron chi connectivity index (χ1n) is 10.8. The summed E-state index contributed by atoms with van der Waals surface area (Å²) in [6.07, 6.45) is 3.79. The van der Waals surface area contributed by atoms with Crippen molar-refractivity contribution < 1.29 is 29.0 Å². The molecular weight excluding hydrogens is 446 g/mol. The molecule has 2 fully saturated rings. The highest BCUT2D eigenvalue weighted by Crippen LogP contribution is 2.36. The molecule has 2 aliphatic heterocycles. The molecule has 2 aliphatic rings. The number of ether oxygens (including phenoxy) is 1. The van der Waals surface area contributed by atoms with Gasteiger partial charge in [0.15, 0.2) is 0 Å². The van der Waals surface area contributed by atoms with Crippen molar-refractivity contribution in [3.8, 4) is 5.75 Å². The lowest BCUT2D eigenvalue weighted by molar-refractivity contribution is -0.148. The van der Waals surface area contributed by atoms with Gasteiger partial charge < -0.3 is 25.4 Å². The Morgan fingerprint density at radius 2 is 2.03 bits per heavy atom. The summed E-state index contributed by atoms with van der Waals surface area (Å²) in [4.78, 5) is 52.2. The van der Waals surface area contributed by atoms with E-state index >= 15 is 0 Å². The van der Waals surface area contributed by atoms with Crippen LogP contribution in [-0.2, 0) is 30.3 Å². The van der Waals surface area contributed by atoms with E-state index in [4.69, 9.17) is 4.74 Å². The molecule has 10 heteroatoms. The van der Waals surface area contributed by atoms with E-state index in [1.165, 1.54) is 35.9 Å². The first-order chi connectivity index (χ1) is 15.8. The molecule has 3 amide bonds. The molecule has 9 nitrogen and oxygen atoms in total. The second-order valence-electron chi connectivity index (χ2n) is 8.03. The molecule has 2 saturated heterocycles. The van der Waals surface area contributed by atoms with Gasteiger partial charge in [0, 0.05) is 18.6 Å². The van der Waals surface area contributed by atoms with Gasteiger partial charge in [-0.2, -0.15) is 0 Å². The van der Waals surface area contributed by atoms with Gasteiger partial charge in [-0.05, 0) is 37.0 Å². The number of phenolic OH excluding ortho intramolecular Hbond substituents is 1. The summed E-state index contributed by atoms with van der Waals surface area (Å²) in [6.45, 7) is 3.59. The number of hydrogen-bond acceptors (Lipinski definition) is 7. The molecular formula is C23H29N3O6S. The van der Waals surface area contributed by atoms with Gasteiger partial charge in [-0.25, -0.2) is 4.79 Å². The van der Waals surface area contributed by atoms with Crippen molar-refractivity contribution in [2.75, 3.05) is 12.9 Å². The molecule has 3 rings (SSSR count). The van der Waals surface area contributed by atoms with Gasteiger partial charge in [0.25, 0.3) is 0 Å². The van der Waals surface area contributed by atoms with E-state index in [0.29, 0.717) is 25.0 Å². The number of phenols is 1. The van der Waals surface area contributed by atoms with Crippen LogP contribution in [0.1, 0.15) is 31.2 Å². The van der Waals surface area contributed by atoms with Crippen molar-refractivity contribution in [1.82, 2.24) is 15.5 Å². The lowest BCUT2D eigenvalue weighted by Gasteiger charge is -2.37. The maximum Gasteiger partial charge on any atom is 0.328 e. The van der Waals surface area contributed by atoms with Crippen LogP contribution in [0, 0.1) is 0 Å². The fourth-order valence-corrected chi connectivity index (χ4v) is 5.43. The minimum Gasteiger partial charge on any atom is -0.508 e. The number of piperidine rings is 1. The van der Waals surface area contributed by atoms with Gasteiger partial charge in [0.05, 0.1) is 12.5 Å². The molecule has 178 valence electrons. The third kappa shape index (κ3) is 6.07. The lowest BCUT2D eigenvalue weighted by Crippen LogP contribution is -2.60. The zero-order valence-corrected chi connectivity index (χ0v) is 19.3. The molecule has 0 spiro atoms. The Balaban J connectivity index is 1.67. The molecule has 0 aromatic heterocycles. The summed E-state index contributed by atoms with van der Waals surface area (Å²) in [5, 5.41) is 14.8. The van der Waals surface area contributed by atoms with Crippen molar-refractivity contribution in [2.24, 2.45) is 0 Å². The first-order valence-corrected chi connectivity index (χ1v) is 11.9. The van der Waals surface area contributed by atoms with E-state index < -0.39 is 30.0 Å². The molecule has 2 heterocycles. The quantitative estimate of drug-likeness (QED) is 0.361. The number of esters is 1. The molecule has 4 atom stereocenters. The fourth-order valence-electron chi connectivity index (χ4n) is 4.00. The van der Waals surface area contributed by atoms with Gasteiger partial charge >= 0.3 is 5.97 Å². The highest BCUT2D eigenvalue weighted by Gasteiger charge is 2.47. The van der Waals surface area contributed by atoms with Crippen LogP contribution in [0.4, 0.5) is 0 Å². The van der Waals surface area contributed by atoms with Gasteiger partial charge in [0.1, 0.15) is 23.9 Å². The Hall–Kier alpha value is -3.01. The van der Waals surface area contributed by atoms with Crippen LogP contribution in [0.25, 0.3) is 0 Å². The van der Waals surface area contributed by atoms with Crippen molar-refractivity contribution in [3.63, 3.8) is 0 Å². The molecule has 0 saturated carbocycles. The highest BCUT2D eigenvalue weighted by molar-refractivity contribution is 8.00. The number of nitrogens with zero attached hydrogens (tertiary/aromatic N) is 1. The van der Waals surface area contributed by atoms with E-state index in [9.17, 15) is 24.3 Å². The number of aromatic hydroxyl groups is 1. The molecule has 0 aliphatic carbocycles. The van der Waals surface area contributed by atoms with Crippen LogP contribution < -0.4 is 10.6 Å². The second-order valence-corrected chi connectivity index (χ2v) is 9.24. The number of hydrogen-bond donors (Lipinski definition) is 3. The molecule has 1 aromatic carbocycles. The van der Waals surface area contributed by atoms with Crippen LogP contribution in [0.2, 0.25) is 0 Å². The Morgan fingerprint density at radius 3 is 2.70 bits per heavy atom. The Kier molecular flexibility index (Phi) is 8.37. The van der Waals surface area contributed by atoms with E-state index in [-0.39, 0.29) is 35.8 Å². The summed E-state index contributed by atoms with van der Waals surface area (Å²) in [5.74, 6) is -1.04. The number of carbonyl (C=O) groups is 4. The number of carbonyl (C=O) groups excluding carboxylic acids is 4. The SMILES string of the molecule is C=CCCC(=O)N[C@H]1CC[C@@H]2SC[C@@H](C(=O)N[C@@H](Cc3ccc(O)cc3)C(=O)OC)N2C1=O. The number of fused-ring (bicyclic) bond motifs is 1. The molecule has 0 bridgehead atoms. The maximum absolute atomic E-state index is 13.1. The van der Waals surface area contributed by atoms with Crippen molar-refractivity contribution >= 4 is 35.5 Å². The zero-order chi connectivity index (χ0) is 24.0. The molecule has 0 radical (unpaired) electrons. The van der Waals surface area contributed by atoms with Crippen molar-refractivity contribution in [2.45, 2.75) is 55.6 Å². The molecule has 1 aromatic rings. The van der Waals surface area contributed by atoms with Crippen LogP contribution in [0.3, 0.4) is 0 Å². The topological polar surface area (TPSA) is 125 Å². The lowest BCUT2D eigenvalue weighted by atomic mass is 10.0. The van der Waals surface area contributed by atoms with E-state index in [1.807, 2.05) is 0 Å². The monoisotopic (exact) mass is 475 g/mol. The smallest absolute Gasteiger partial charge is 0.328 e. The zero-order valence-electron chi connectivity index (χ0n) is 18.5. The number of rotatable bonds is 9. The molecule has 0 unspecified atom stereocenters. The number of benzene rings is 1. The number of methoxy groups -OCH3 is 1. The van der Waals surface area contributed by atoms with Crippen LogP contribution in [0.5, 0.6) is 5.75 Å². The van der Waals surface area contributed by atoms with E-state index in [2.05, 4.69) is 17.2 Å². The van der Waals surface area contributed by atoms with Gasteiger partial charge in [-0.3, -0.25) is 14.4 Å². The minimum atomic E-state index is -0.939. The normalized spacial score (nSPS) is 22.8. The minimum absolute atomic E-state index is 0.0983. The van der Waals surface area contributed by atoms with Gasteiger partial charge in [-0.15, -0.1) is 18.3 Å². The number of nitrogens with one attached hydrogen (secondary N) is 2. The number of allylic oxidation sites excluding steroid dienone is 1. The van der Waals surface area contributed by atoms with Crippen molar-refractivity contribution in [3.05, 3.63) is 42.5 Å². The Bertz CT molecular complexity index is 906. The summed E-state index contributed by atoms with van der Waals surface area (Å²) < 4.78 is 4.85. The third-order valence-corrected chi connectivity index (χ3v) is 7.09.